The van der Waals surface area contributed by atoms with Gasteiger partial charge in [-0.25, -0.2) is 5.43 Å². The van der Waals surface area contributed by atoms with Gasteiger partial charge in [0.05, 0.1) is 24.6 Å². The largest absolute Gasteiger partial charge is 0.493 e. The van der Waals surface area contributed by atoms with Gasteiger partial charge in [-0.05, 0) is 24.3 Å². The third kappa shape index (κ3) is 3.86. The molecule has 7 nitrogen and oxygen atoms in total. The summed E-state index contributed by atoms with van der Waals surface area (Å²) in [6.07, 6.45) is 3.28. The second-order valence-corrected chi connectivity index (χ2v) is 6.89. The first-order valence-corrected chi connectivity index (χ1v) is 9.49. The fourth-order valence-corrected chi connectivity index (χ4v) is 3.60. The van der Waals surface area contributed by atoms with E-state index in [1.807, 2.05) is 30.3 Å². The number of ether oxygens (including phenoxy) is 3. The lowest BCUT2D eigenvalue weighted by molar-refractivity contribution is -0.118. The monoisotopic (exact) mass is 395 g/mol. The molecule has 0 bridgehead atoms. The fourth-order valence-electron chi connectivity index (χ4n) is 2.77. The highest BCUT2D eigenvalue weighted by Crippen LogP contribution is 2.41. The number of hydrazone groups is 1. The quantitative estimate of drug-likeness (QED) is 0.392. The molecule has 1 aromatic heterocycles. The molecule has 0 radical (unpaired) electrons. The summed E-state index contributed by atoms with van der Waals surface area (Å²) in [6, 6.07) is 13.3. The molecule has 0 unspecified atom stereocenters. The second-order valence-electron chi connectivity index (χ2n) is 5.87. The van der Waals surface area contributed by atoms with E-state index in [4.69, 9.17) is 14.2 Å². The Hall–Kier alpha value is -3.26. The molecular formula is C20H17N3O4S. The normalized spacial score (nSPS) is 12.5. The third-order valence-electron chi connectivity index (χ3n) is 4.04. The van der Waals surface area contributed by atoms with Crippen molar-refractivity contribution < 1.29 is 19.0 Å². The summed E-state index contributed by atoms with van der Waals surface area (Å²) in [7, 11) is 1.55. The number of carbonyl (C=O) groups excluding carboxylic acids is 1. The Kier molecular flexibility index (Phi) is 5.29. The van der Waals surface area contributed by atoms with E-state index >= 15 is 0 Å². The fraction of sp³-hybridized carbons (Fsp3) is 0.150. The summed E-state index contributed by atoms with van der Waals surface area (Å²) < 4.78 is 16.0. The Bertz CT molecular complexity index is 1050. The molecule has 0 spiro atoms. The van der Waals surface area contributed by atoms with Crippen LogP contribution in [-0.4, -0.2) is 36.8 Å². The second kappa shape index (κ2) is 8.18. The average molecular weight is 395 g/mol. The minimum Gasteiger partial charge on any atom is -0.493 e. The lowest BCUT2D eigenvalue weighted by atomic mass is 10.2. The zero-order chi connectivity index (χ0) is 19.3. The number of thioether (sulfide) groups is 1. The van der Waals surface area contributed by atoms with E-state index in [-0.39, 0.29) is 18.5 Å². The van der Waals surface area contributed by atoms with Crippen LogP contribution >= 0.6 is 11.8 Å². The zero-order valence-electron chi connectivity index (χ0n) is 15.0. The van der Waals surface area contributed by atoms with E-state index in [9.17, 15) is 4.79 Å². The molecule has 1 aliphatic heterocycles. The molecule has 4 rings (SSSR count). The highest BCUT2D eigenvalue weighted by atomic mass is 32.2. The maximum absolute atomic E-state index is 12.1. The first kappa shape index (κ1) is 18.1. The summed E-state index contributed by atoms with van der Waals surface area (Å²) >= 11 is 1.42. The number of nitrogens with one attached hydrogen (secondary N) is 1. The molecule has 8 heteroatoms. The minimum atomic E-state index is -0.207. The number of fused-ring (bicyclic) bond motifs is 2. The SMILES string of the molecule is COc1cc(/C=N\NC(=O)CSc2cccc3cccnc23)cc2c1OCO2. The van der Waals surface area contributed by atoms with Gasteiger partial charge < -0.3 is 14.2 Å². The van der Waals surface area contributed by atoms with E-state index in [1.54, 1.807) is 25.4 Å². The van der Waals surface area contributed by atoms with Gasteiger partial charge in [0.15, 0.2) is 11.5 Å². The van der Waals surface area contributed by atoms with Crippen molar-refractivity contribution >= 4 is 34.8 Å². The summed E-state index contributed by atoms with van der Waals surface area (Å²) in [4.78, 5) is 17.5. The number of nitrogens with zero attached hydrogens (tertiary/aromatic N) is 2. The Labute approximate surface area is 165 Å². The predicted molar refractivity (Wildman–Crippen MR) is 107 cm³/mol. The van der Waals surface area contributed by atoms with Crippen molar-refractivity contribution in [3.63, 3.8) is 0 Å². The first-order chi connectivity index (χ1) is 13.7. The first-order valence-electron chi connectivity index (χ1n) is 8.50. The van der Waals surface area contributed by atoms with Crippen molar-refractivity contribution in [2.24, 2.45) is 5.10 Å². The van der Waals surface area contributed by atoms with E-state index in [0.717, 1.165) is 21.4 Å². The van der Waals surface area contributed by atoms with Crippen molar-refractivity contribution in [1.29, 1.82) is 0 Å². The van der Waals surface area contributed by atoms with Gasteiger partial charge in [0.25, 0.3) is 0 Å². The molecule has 28 heavy (non-hydrogen) atoms. The molecule has 0 saturated heterocycles. The molecular weight excluding hydrogens is 378 g/mol. The van der Waals surface area contributed by atoms with E-state index in [1.165, 1.54) is 18.0 Å². The molecule has 2 aromatic carbocycles. The molecule has 0 saturated carbocycles. The summed E-state index contributed by atoms with van der Waals surface area (Å²) in [5.74, 6) is 1.75. The zero-order valence-corrected chi connectivity index (χ0v) is 15.9. The molecule has 1 amide bonds. The summed E-state index contributed by atoms with van der Waals surface area (Å²) in [5.41, 5.74) is 4.15. The van der Waals surface area contributed by atoms with Gasteiger partial charge in [-0.15, -0.1) is 11.8 Å². The van der Waals surface area contributed by atoms with Crippen LogP contribution in [0.15, 0.2) is 58.7 Å². The van der Waals surface area contributed by atoms with Crippen LogP contribution in [0.4, 0.5) is 0 Å². The molecule has 0 aliphatic carbocycles. The number of hydrogen-bond donors (Lipinski definition) is 1. The average Bonchev–Trinajstić information content (AvgIpc) is 3.20. The number of carbonyl (C=O) groups is 1. The van der Waals surface area contributed by atoms with Gasteiger partial charge in [-0.2, -0.15) is 5.10 Å². The third-order valence-corrected chi connectivity index (χ3v) is 5.09. The number of aromatic nitrogens is 1. The highest BCUT2D eigenvalue weighted by molar-refractivity contribution is 8.00. The van der Waals surface area contributed by atoms with Crippen LogP contribution in [0.2, 0.25) is 0 Å². The van der Waals surface area contributed by atoms with E-state index in [0.29, 0.717) is 17.2 Å². The number of para-hydroxylation sites is 1. The Morgan fingerprint density at radius 3 is 3.11 bits per heavy atom. The van der Waals surface area contributed by atoms with Gasteiger partial charge in [0.2, 0.25) is 18.4 Å². The number of rotatable bonds is 6. The highest BCUT2D eigenvalue weighted by Gasteiger charge is 2.19. The standard InChI is InChI=1S/C20H17N3O4S/c1-25-15-8-13(9-16-20(15)27-12-26-16)10-22-23-18(24)11-28-17-6-2-4-14-5-3-7-21-19(14)17/h2-10H,11-12H2,1H3,(H,23,24)/b22-10-. The summed E-state index contributed by atoms with van der Waals surface area (Å²) in [5, 5.41) is 5.06. The van der Waals surface area contributed by atoms with Crippen molar-refractivity contribution in [3.8, 4) is 17.2 Å². The van der Waals surface area contributed by atoms with E-state index in [2.05, 4.69) is 15.5 Å². The topological polar surface area (TPSA) is 82.0 Å². The molecule has 142 valence electrons. The van der Waals surface area contributed by atoms with Crippen LogP contribution in [0, 0.1) is 0 Å². The Balaban J connectivity index is 1.37. The van der Waals surface area contributed by atoms with Crippen molar-refractivity contribution in [2.75, 3.05) is 19.7 Å². The maximum atomic E-state index is 12.1. The Morgan fingerprint density at radius 2 is 2.21 bits per heavy atom. The molecule has 1 aliphatic rings. The Morgan fingerprint density at radius 1 is 1.32 bits per heavy atom. The van der Waals surface area contributed by atoms with Gasteiger partial charge in [-0.3, -0.25) is 9.78 Å². The molecule has 3 aromatic rings. The predicted octanol–water partition coefficient (Wildman–Crippen LogP) is 3.21. The lowest BCUT2D eigenvalue weighted by Crippen LogP contribution is -2.19. The van der Waals surface area contributed by atoms with Gasteiger partial charge in [-0.1, -0.05) is 18.2 Å². The summed E-state index contributed by atoms with van der Waals surface area (Å²) in [6.45, 7) is 0.156. The molecule has 1 N–H and O–H groups in total. The lowest BCUT2D eigenvalue weighted by Gasteiger charge is -2.06. The van der Waals surface area contributed by atoms with Crippen LogP contribution in [0.1, 0.15) is 5.56 Å². The molecule has 0 fully saturated rings. The van der Waals surface area contributed by atoms with Gasteiger partial charge >= 0.3 is 0 Å². The van der Waals surface area contributed by atoms with Gasteiger partial charge in [0.1, 0.15) is 0 Å². The van der Waals surface area contributed by atoms with Crippen LogP contribution in [-0.2, 0) is 4.79 Å². The number of amides is 1. The number of pyridine rings is 1. The number of hydrogen-bond acceptors (Lipinski definition) is 7. The molecule has 0 atom stereocenters. The van der Waals surface area contributed by atoms with Crippen molar-refractivity contribution in [3.05, 3.63) is 54.2 Å². The van der Waals surface area contributed by atoms with Crippen LogP contribution in [0.25, 0.3) is 10.9 Å². The van der Waals surface area contributed by atoms with Crippen LogP contribution in [0.5, 0.6) is 17.2 Å². The van der Waals surface area contributed by atoms with Crippen LogP contribution in [0.3, 0.4) is 0 Å². The van der Waals surface area contributed by atoms with Gasteiger partial charge in [0, 0.05) is 22.0 Å². The smallest absolute Gasteiger partial charge is 0.250 e. The number of benzene rings is 2. The maximum Gasteiger partial charge on any atom is 0.250 e. The minimum absolute atomic E-state index is 0.156. The van der Waals surface area contributed by atoms with Crippen LogP contribution < -0.4 is 19.6 Å². The molecule has 2 heterocycles. The van der Waals surface area contributed by atoms with Crippen molar-refractivity contribution in [2.45, 2.75) is 4.90 Å². The van der Waals surface area contributed by atoms with Crippen molar-refractivity contribution in [1.82, 2.24) is 10.4 Å². The van der Waals surface area contributed by atoms with E-state index < -0.39 is 0 Å². The number of methoxy groups -OCH3 is 1.